The summed E-state index contributed by atoms with van der Waals surface area (Å²) in [6, 6.07) is 12.6. The summed E-state index contributed by atoms with van der Waals surface area (Å²) < 4.78 is 5.41. The third kappa shape index (κ3) is 4.80. The van der Waals surface area contributed by atoms with E-state index in [9.17, 15) is 9.90 Å². The highest BCUT2D eigenvalue weighted by Crippen LogP contribution is 2.29. The zero-order valence-corrected chi connectivity index (χ0v) is 15.8. The molecule has 2 N–H and O–H groups in total. The van der Waals surface area contributed by atoms with Gasteiger partial charge in [0.1, 0.15) is 11.5 Å². The van der Waals surface area contributed by atoms with Crippen molar-refractivity contribution in [3.63, 3.8) is 0 Å². The fourth-order valence-corrected chi connectivity index (χ4v) is 3.39. The van der Waals surface area contributed by atoms with E-state index < -0.39 is 0 Å². The molecule has 2 aromatic carbocycles. The van der Waals surface area contributed by atoms with Crippen LogP contribution in [0.15, 0.2) is 65.0 Å². The molecule has 0 unspecified atom stereocenters. The van der Waals surface area contributed by atoms with Crippen LogP contribution in [0.3, 0.4) is 0 Å². The normalized spacial score (nSPS) is 16.6. The number of hydrogen-bond acceptors (Lipinski definition) is 5. The summed E-state index contributed by atoms with van der Waals surface area (Å²) >= 11 is 1.28. The molecule has 0 bridgehead atoms. The summed E-state index contributed by atoms with van der Waals surface area (Å²) in [5.74, 6) is 0.814. The van der Waals surface area contributed by atoms with Crippen molar-refractivity contribution in [1.29, 1.82) is 0 Å². The maximum absolute atomic E-state index is 12.2. The first-order valence-corrected chi connectivity index (χ1v) is 9.36. The second-order valence-electron chi connectivity index (χ2n) is 5.79. The van der Waals surface area contributed by atoms with Crippen LogP contribution in [0.5, 0.6) is 11.5 Å². The summed E-state index contributed by atoms with van der Waals surface area (Å²) in [5, 5.41) is 13.2. The number of thioether (sulfide) groups is 1. The van der Waals surface area contributed by atoms with E-state index in [1.807, 2.05) is 37.3 Å². The molecule has 1 amide bonds. The minimum absolute atomic E-state index is 0.192. The SMILES string of the molecule is C=CCc1cc(/C=C2\SC(=Nc3ccc(OCC)cc3)NC2=O)ccc1O. The number of allylic oxidation sites excluding steroid dienone is 1. The second kappa shape index (κ2) is 8.60. The molecule has 0 aromatic heterocycles. The van der Waals surface area contributed by atoms with Crippen molar-refractivity contribution < 1.29 is 14.6 Å². The number of aromatic hydroxyl groups is 1. The number of aliphatic imine (C=N–C) groups is 1. The van der Waals surface area contributed by atoms with Crippen LogP contribution in [-0.4, -0.2) is 22.8 Å². The molecule has 27 heavy (non-hydrogen) atoms. The van der Waals surface area contributed by atoms with E-state index in [2.05, 4.69) is 16.9 Å². The average molecular weight is 380 g/mol. The molecule has 1 fully saturated rings. The molecule has 1 aliphatic heterocycles. The van der Waals surface area contributed by atoms with Gasteiger partial charge in [-0.3, -0.25) is 4.79 Å². The van der Waals surface area contributed by atoms with Crippen LogP contribution < -0.4 is 10.1 Å². The maximum Gasteiger partial charge on any atom is 0.264 e. The lowest BCUT2D eigenvalue weighted by Gasteiger charge is -2.03. The summed E-state index contributed by atoms with van der Waals surface area (Å²) in [4.78, 5) is 17.2. The Morgan fingerprint density at radius 1 is 1.26 bits per heavy atom. The first kappa shape index (κ1) is 18.8. The van der Waals surface area contributed by atoms with E-state index in [-0.39, 0.29) is 11.7 Å². The number of nitrogens with zero attached hydrogens (tertiary/aromatic N) is 1. The Kier molecular flexibility index (Phi) is 5.98. The van der Waals surface area contributed by atoms with Gasteiger partial charge in [0, 0.05) is 0 Å². The smallest absolute Gasteiger partial charge is 0.264 e. The highest BCUT2D eigenvalue weighted by atomic mass is 32.2. The molecule has 1 heterocycles. The van der Waals surface area contributed by atoms with Crippen molar-refractivity contribution in [2.45, 2.75) is 13.3 Å². The van der Waals surface area contributed by atoms with Crippen LogP contribution in [0.4, 0.5) is 5.69 Å². The van der Waals surface area contributed by atoms with Crippen LogP contribution in [0.2, 0.25) is 0 Å². The molecule has 3 rings (SSSR count). The maximum atomic E-state index is 12.2. The van der Waals surface area contributed by atoms with E-state index >= 15 is 0 Å². The van der Waals surface area contributed by atoms with Crippen molar-refractivity contribution >= 4 is 34.6 Å². The van der Waals surface area contributed by atoms with Crippen LogP contribution >= 0.6 is 11.8 Å². The standard InChI is InChI=1S/C21H20N2O3S/c1-3-5-15-12-14(6-11-18(15)24)13-19-20(25)23-21(27-19)22-16-7-9-17(10-8-16)26-4-2/h3,6-13,24H,1,4-5H2,2H3,(H,22,23,25)/b19-13-. The van der Waals surface area contributed by atoms with Crippen LogP contribution in [0.25, 0.3) is 6.08 Å². The van der Waals surface area contributed by atoms with Crippen molar-refractivity contribution in [2.75, 3.05) is 6.61 Å². The lowest BCUT2D eigenvalue weighted by atomic mass is 10.1. The Bertz CT molecular complexity index is 918. The van der Waals surface area contributed by atoms with E-state index in [1.54, 1.807) is 24.3 Å². The predicted molar refractivity (Wildman–Crippen MR) is 110 cm³/mol. The first-order valence-electron chi connectivity index (χ1n) is 8.54. The zero-order valence-electron chi connectivity index (χ0n) is 14.9. The van der Waals surface area contributed by atoms with Crippen molar-refractivity contribution in [3.05, 3.63) is 71.2 Å². The first-order chi connectivity index (χ1) is 13.1. The molecule has 0 radical (unpaired) electrons. The third-order valence-electron chi connectivity index (χ3n) is 3.79. The van der Waals surface area contributed by atoms with Gasteiger partial charge in [-0.25, -0.2) is 4.99 Å². The van der Waals surface area contributed by atoms with Gasteiger partial charge in [0.15, 0.2) is 5.17 Å². The molecular weight excluding hydrogens is 360 g/mol. The molecule has 138 valence electrons. The highest BCUT2D eigenvalue weighted by Gasteiger charge is 2.23. The molecule has 1 aliphatic rings. The van der Waals surface area contributed by atoms with Gasteiger partial charge in [-0.2, -0.15) is 0 Å². The molecular formula is C21H20N2O3S. The number of carbonyl (C=O) groups is 1. The van der Waals surface area contributed by atoms with E-state index in [0.717, 1.165) is 22.6 Å². The average Bonchev–Trinajstić information content (AvgIpc) is 2.99. The fourth-order valence-electron chi connectivity index (χ4n) is 2.55. The van der Waals surface area contributed by atoms with Gasteiger partial charge in [-0.05, 0) is 78.7 Å². The lowest BCUT2D eigenvalue weighted by molar-refractivity contribution is -0.115. The number of phenolic OH excluding ortho intramolecular Hbond substituents is 1. The Hall–Kier alpha value is -2.99. The number of rotatable bonds is 6. The third-order valence-corrected chi connectivity index (χ3v) is 4.70. The summed E-state index contributed by atoms with van der Waals surface area (Å²) in [6.07, 6.45) is 4.07. The molecule has 0 aliphatic carbocycles. The molecule has 0 atom stereocenters. The molecule has 5 nitrogen and oxygen atoms in total. The molecule has 0 saturated carbocycles. The second-order valence-corrected chi connectivity index (χ2v) is 6.82. The number of benzene rings is 2. The molecule has 1 saturated heterocycles. The zero-order chi connectivity index (χ0) is 19.2. The van der Waals surface area contributed by atoms with Gasteiger partial charge >= 0.3 is 0 Å². The van der Waals surface area contributed by atoms with Crippen LogP contribution in [-0.2, 0) is 11.2 Å². The molecule has 6 heteroatoms. The number of amides is 1. The topological polar surface area (TPSA) is 70.9 Å². The van der Waals surface area contributed by atoms with Crippen molar-refractivity contribution in [2.24, 2.45) is 4.99 Å². The Morgan fingerprint density at radius 2 is 2.04 bits per heavy atom. The minimum Gasteiger partial charge on any atom is -0.508 e. The number of amidine groups is 1. The largest absolute Gasteiger partial charge is 0.508 e. The minimum atomic E-state index is -0.192. The Labute approximate surface area is 162 Å². The van der Waals surface area contributed by atoms with Gasteiger partial charge in [-0.15, -0.1) is 6.58 Å². The molecule has 0 spiro atoms. The van der Waals surface area contributed by atoms with E-state index in [0.29, 0.717) is 23.1 Å². The van der Waals surface area contributed by atoms with Gasteiger partial charge in [0.05, 0.1) is 17.2 Å². The molecule has 2 aromatic rings. The Morgan fingerprint density at radius 3 is 2.74 bits per heavy atom. The number of ether oxygens (including phenoxy) is 1. The number of hydrogen-bond donors (Lipinski definition) is 2. The predicted octanol–water partition coefficient (Wildman–Crippen LogP) is 4.41. The highest BCUT2D eigenvalue weighted by molar-refractivity contribution is 8.18. The van der Waals surface area contributed by atoms with Crippen LogP contribution in [0, 0.1) is 0 Å². The summed E-state index contributed by atoms with van der Waals surface area (Å²) in [7, 11) is 0. The fraction of sp³-hybridized carbons (Fsp3) is 0.143. The van der Waals surface area contributed by atoms with Gasteiger partial charge < -0.3 is 15.2 Å². The van der Waals surface area contributed by atoms with E-state index in [1.165, 1.54) is 11.8 Å². The number of nitrogens with one attached hydrogen (secondary N) is 1. The Balaban J connectivity index is 1.77. The van der Waals surface area contributed by atoms with E-state index in [4.69, 9.17) is 4.74 Å². The van der Waals surface area contributed by atoms with Gasteiger partial charge in [0.25, 0.3) is 5.91 Å². The quantitative estimate of drug-likeness (QED) is 0.575. The van der Waals surface area contributed by atoms with Crippen LogP contribution in [0.1, 0.15) is 18.1 Å². The lowest BCUT2D eigenvalue weighted by Crippen LogP contribution is -2.19. The monoisotopic (exact) mass is 380 g/mol. The van der Waals surface area contributed by atoms with Crippen molar-refractivity contribution in [3.8, 4) is 11.5 Å². The van der Waals surface area contributed by atoms with Gasteiger partial charge in [0.2, 0.25) is 0 Å². The summed E-state index contributed by atoms with van der Waals surface area (Å²) in [6.45, 7) is 6.23. The summed E-state index contributed by atoms with van der Waals surface area (Å²) in [5.41, 5.74) is 2.34. The van der Waals surface area contributed by atoms with Gasteiger partial charge in [-0.1, -0.05) is 12.1 Å². The number of phenols is 1. The van der Waals surface area contributed by atoms with Crippen molar-refractivity contribution in [1.82, 2.24) is 5.32 Å². The number of carbonyl (C=O) groups excluding carboxylic acids is 1.